The van der Waals surface area contributed by atoms with Gasteiger partial charge in [-0.2, -0.15) is 5.26 Å². The Morgan fingerprint density at radius 3 is 2.75 bits per heavy atom. The van der Waals surface area contributed by atoms with Gasteiger partial charge in [-0.25, -0.2) is 19.9 Å². The van der Waals surface area contributed by atoms with E-state index in [9.17, 15) is 4.79 Å². The van der Waals surface area contributed by atoms with Crippen LogP contribution in [0.15, 0.2) is 53.9 Å². The van der Waals surface area contributed by atoms with Crippen LogP contribution in [0.3, 0.4) is 0 Å². The van der Waals surface area contributed by atoms with Crippen molar-refractivity contribution in [2.75, 3.05) is 13.7 Å². The molecule has 32 heavy (non-hydrogen) atoms. The van der Waals surface area contributed by atoms with Crippen molar-refractivity contribution in [1.82, 2.24) is 24.8 Å². The number of carbonyl (C=O) groups excluding carboxylic acids is 1. The Balaban J connectivity index is 1.60. The normalized spacial score (nSPS) is 18.1. The van der Waals surface area contributed by atoms with Crippen LogP contribution in [0, 0.1) is 11.3 Å². The van der Waals surface area contributed by atoms with Crippen LogP contribution in [0.2, 0.25) is 0 Å². The largest absolute Gasteiger partial charge is 0.481 e. The Morgan fingerprint density at radius 1 is 1.19 bits per heavy atom. The molecule has 3 aromatic heterocycles. The molecule has 1 fully saturated rings. The summed E-state index contributed by atoms with van der Waals surface area (Å²) in [5, 5.41) is 10.1. The molecule has 0 spiro atoms. The fourth-order valence-corrected chi connectivity index (χ4v) is 4.79. The highest BCUT2D eigenvalue weighted by molar-refractivity contribution is 7.99. The van der Waals surface area contributed by atoms with E-state index in [0.29, 0.717) is 35.1 Å². The third kappa shape index (κ3) is 4.70. The Labute approximate surface area is 190 Å². The van der Waals surface area contributed by atoms with Gasteiger partial charge in [0.2, 0.25) is 5.88 Å². The molecule has 1 amide bonds. The van der Waals surface area contributed by atoms with E-state index in [-0.39, 0.29) is 17.2 Å². The van der Waals surface area contributed by atoms with Crippen molar-refractivity contribution in [3.63, 3.8) is 0 Å². The average molecular weight is 447 g/mol. The number of hydrogen-bond acceptors (Lipinski definition) is 8. The number of thioether (sulfide) groups is 1. The number of rotatable bonds is 5. The van der Waals surface area contributed by atoms with Gasteiger partial charge < -0.3 is 9.64 Å². The summed E-state index contributed by atoms with van der Waals surface area (Å²) in [5.74, 6) is 0.662. The summed E-state index contributed by atoms with van der Waals surface area (Å²) >= 11 is 1.60. The fourth-order valence-electron chi connectivity index (χ4n) is 3.64. The molecule has 0 unspecified atom stereocenters. The standard InChI is InChI=1S/C23H22N6O2S/c1-15-4-5-17(32-20-12-16(13-24)8-11-25-20)14-29(15)23(30)18-6-7-19(31-2)28-21(18)22-26-9-3-10-27-22/h3,6-12,15,17H,4-5,14H2,1-2H3/t15-,17-/m1/s1. The molecule has 1 saturated heterocycles. The topological polar surface area (TPSA) is 105 Å². The van der Waals surface area contributed by atoms with E-state index < -0.39 is 0 Å². The highest BCUT2D eigenvalue weighted by Gasteiger charge is 2.32. The summed E-state index contributed by atoms with van der Waals surface area (Å²) in [7, 11) is 1.53. The molecule has 1 aliphatic heterocycles. The van der Waals surface area contributed by atoms with Gasteiger partial charge >= 0.3 is 0 Å². The number of nitrogens with zero attached hydrogens (tertiary/aromatic N) is 6. The second-order valence-corrected chi connectivity index (χ2v) is 8.76. The first-order valence-electron chi connectivity index (χ1n) is 10.2. The van der Waals surface area contributed by atoms with Crippen LogP contribution in [-0.2, 0) is 0 Å². The third-order valence-corrected chi connectivity index (χ3v) is 6.52. The van der Waals surface area contributed by atoms with Gasteiger partial charge in [0.15, 0.2) is 5.82 Å². The van der Waals surface area contributed by atoms with Crippen molar-refractivity contribution in [2.45, 2.75) is 36.1 Å². The molecule has 0 bridgehead atoms. The second kappa shape index (κ2) is 9.75. The molecule has 0 radical (unpaired) electrons. The molecular formula is C23H22N6O2S. The first-order chi connectivity index (χ1) is 15.6. The molecule has 1 aliphatic rings. The molecule has 9 heteroatoms. The summed E-state index contributed by atoms with van der Waals surface area (Å²) in [4.78, 5) is 32.9. The van der Waals surface area contributed by atoms with Crippen LogP contribution in [0.1, 0.15) is 35.7 Å². The van der Waals surface area contributed by atoms with Crippen molar-refractivity contribution in [2.24, 2.45) is 0 Å². The minimum Gasteiger partial charge on any atom is -0.481 e. The fraction of sp³-hybridized carbons (Fsp3) is 0.304. The van der Waals surface area contributed by atoms with Crippen molar-refractivity contribution in [1.29, 1.82) is 5.26 Å². The lowest BCUT2D eigenvalue weighted by molar-refractivity contribution is 0.0642. The number of nitriles is 1. The first-order valence-corrected chi connectivity index (χ1v) is 11.1. The number of ether oxygens (including phenoxy) is 1. The molecule has 0 saturated carbocycles. The summed E-state index contributed by atoms with van der Waals surface area (Å²) < 4.78 is 5.26. The average Bonchev–Trinajstić information content (AvgIpc) is 2.85. The van der Waals surface area contributed by atoms with E-state index in [0.717, 1.165) is 17.9 Å². The Morgan fingerprint density at radius 2 is 2.00 bits per heavy atom. The number of carbonyl (C=O) groups is 1. The minimum absolute atomic E-state index is 0.0874. The van der Waals surface area contributed by atoms with Crippen molar-refractivity contribution < 1.29 is 9.53 Å². The molecule has 0 N–H and O–H groups in total. The monoisotopic (exact) mass is 446 g/mol. The van der Waals surface area contributed by atoms with E-state index in [4.69, 9.17) is 10.00 Å². The zero-order valence-electron chi connectivity index (χ0n) is 17.8. The quantitative estimate of drug-likeness (QED) is 0.585. The Kier molecular flexibility index (Phi) is 6.61. The first kappa shape index (κ1) is 21.7. The second-order valence-electron chi connectivity index (χ2n) is 7.44. The molecule has 2 atom stereocenters. The molecule has 0 aromatic carbocycles. The third-order valence-electron chi connectivity index (χ3n) is 5.34. The van der Waals surface area contributed by atoms with Gasteiger partial charge in [0.25, 0.3) is 5.91 Å². The maximum Gasteiger partial charge on any atom is 0.256 e. The van der Waals surface area contributed by atoms with E-state index in [1.807, 2.05) is 4.90 Å². The van der Waals surface area contributed by atoms with Gasteiger partial charge in [0, 0.05) is 42.5 Å². The van der Waals surface area contributed by atoms with Crippen LogP contribution in [0.4, 0.5) is 0 Å². The van der Waals surface area contributed by atoms with Crippen LogP contribution in [0.25, 0.3) is 11.5 Å². The van der Waals surface area contributed by atoms with Crippen LogP contribution < -0.4 is 4.74 Å². The highest BCUT2D eigenvalue weighted by atomic mass is 32.2. The van der Waals surface area contributed by atoms with Crippen LogP contribution in [0.5, 0.6) is 5.88 Å². The van der Waals surface area contributed by atoms with Gasteiger partial charge in [-0.15, -0.1) is 11.8 Å². The zero-order chi connectivity index (χ0) is 22.5. The number of methoxy groups -OCH3 is 1. The number of aromatic nitrogens is 4. The maximum absolute atomic E-state index is 13.6. The van der Waals surface area contributed by atoms with E-state index >= 15 is 0 Å². The summed E-state index contributed by atoms with van der Waals surface area (Å²) in [6.07, 6.45) is 6.72. The lowest BCUT2D eigenvalue weighted by Crippen LogP contribution is -2.46. The number of likely N-dealkylation sites (tertiary alicyclic amines) is 1. The molecule has 4 heterocycles. The van der Waals surface area contributed by atoms with E-state index in [2.05, 4.69) is 32.9 Å². The van der Waals surface area contributed by atoms with Crippen molar-refractivity contribution in [3.8, 4) is 23.5 Å². The summed E-state index contributed by atoms with van der Waals surface area (Å²) in [6.45, 7) is 2.63. The molecule has 0 aliphatic carbocycles. The number of piperidine rings is 1. The summed E-state index contributed by atoms with van der Waals surface area (Å²) in [6, 6.07) is 10.8. The van der Waals surface area contributed by atoms with Gasteiger partial charge in [0.05, 0.1) is 29.3 Å². The summed E-state index contributed by atoms with van der Waals surface area (Å²) in [5.41, 5.74) is 1.43. The van der Waals surface area contributed by atoms with Crippen molar-refractivity contribution >= 4 is 17.7 Å². The SMILES string of the molecule is COc1ccc(C(=O)N2C[C@H](Sc3cc(C#N)ccn3)CC[C@H]2C)c(-c2ncccn2)n1. The van der Waals surface area contributed by atoms with Crippen LogP contribution in [-0.4, -0.2) is 55.7 Å². The number of hydrogen-bond donors (Lipinski definition) is 0. The van der Waals surface area contributed by atoms with Gasteiger partial charge in [0.1, 0.15) is 5.69 Å². The highest BCUT2D eigenvalue weighted by Crippen LogP contribution is 2.32. The van der Waals surface area contributed by atoms with Gasteiger partial charge in [-0.05, 0) is 44.0 Å². The zero-order valence-corrected chi connectivity index (χ0v) is 18.6. The predicted molar refractivity (Wildman–Crippen MR) is 120 cm³/mol. The lowest BCUT2D eigenvalue weighted by atomic mass is 10.0. The van der Waals surface area contributed by atoms with Gasteiger partial charge in [-0.3, -0.25) is 4.79 Å². The maximum atomic E-state index is 13.6. The van der Waals surface area contributed by atoms with E-state index in [1.165, 1.54) is 7.11 Å². The molecule has 8 nitrogen and oxygen atoms in total. The molecule has 162 valence electrons. The minimum atomic E-state index is -0.112. The number of pyridine rings is 2. The van der Waals surface area contributed by atoms with Gasteiger partial charge in [-0.1, -0.05) is 0 Å². The Hall–Kier alpha value is -3.51. The molecular weight excluding hydrogens is 424 g/mol. The number of amides is 1. The van der Waals surface area contributed by atoms with Crippen LogP contribution >= 0.6 is 11.8 Å². The van der Waals surface area contributed by atoms with E-state index in [1.54, 1.807) is 60.7 Å². The van der Waals surface area contributed by atoms with Crippen molar-refractivity contribution in [3.05, 3.63) is 60.0 Å². The molecule has 3 aromatic rings. The predicted octanol–water partition coefficient (Wildman–Crippen LogP) is 3.60. The lowest BCUT2D eigenvalue weighted by Gasteiger charge is -2.38. The molecule has 4 rings (SSSR count). The smallest absolute Gasteiger partial charge is 0.256 e. The Bertz CT molecular complexity index is 1150.